The minimum absolute atomic E-state index is 0. The van der Waals surface area contributed by atoms with Gasteiger partial charge in [0, 0.05) is 28.3 Å². The van der Waals surface area contributed by atoms with Gasteiger partial charge >= 0.3 is 0 Å². The molecule has 2 N–H and O–H groups in total. The molecule has 0 aromatic heterocycles. The summed E-state index contributed by atoms with van der Waals surface area (Å²) < 4.78 is 0. The summed E-state index contributed by atoms with van der Waals surface area (Å²) in [5.74, 6) is 1.04. The van der Waals surface area contributed by atoms with Crippen molar-refractivity contribution in [3.8, 4) is 0 Å². The average molecular weight is 165 g/mol. The molecule has 0 unspecified atom stereocenters. The molecule has 0 aliphatic heterocycles. The molecule has 54 valence electrons. The van der Waals surface area contributed by atoms with E-state index in [0.717, 1.165) is 18.8 Å². The molecule has 0 heterocycles. The Kier molecular flexibility index (Phi) is 11.8. The fourth-order valence-electron chi connectivity index (χ4n) is 0.460. The molecule has 0 aliphatic carbocycles. The smallest absolute Gasteiger partial charge is 0.0406 e. The normalized spacial score (nSPS) is 9.33. The Morgan fingerprint density at radius 1 is 1.33 bits per heavy atom. The van der Waals surface area contributed by atoms with Crippen LogP contribution in [0.5, 0.6) is 0 Å². The van der Waals surface area contributed by atoms with Crippen LogP contribution in [0.4, 0.5) is 0 Å². The van der Waals surface area contributed by atoms with E-state index in [1.54, 1.807) is 0 Å². The Labute approximate surface area is 71.2 Å². The van der Waals surface area contributed by atoms with Crippen LogP contribution in [0.25, 0.3) is 0 Å². The van der Waals surface area contributed by atoms with E-state index in [9.17, 15) is 0 Å². The number of aliphatic hydroxyl groups excluding tert-OH is 2. The van der Waals surface area contributed by atoms with Gasteiger partial charge in [0.25, 0.3) is 0 Å². The van der Waals surface area contributed by atoms with E-state index in [-0.39, 0.29) is 34.9 Å². The van der Waals surface area contributed by atoms with E-state index in [4.69, 9.17) is 10.2 Å². The van der Waals surface area contributed by atoms with Crippen LogP contribution in [0.3, 0.4) is 0 Å². The maximum absolute atomic E-state index is 8.44. The van der Waals surface area contributed by atoms with Gasteiger partial charge in [0.2, 0.25) is 0 Å². The van der Waals surface area contributed by atoms with E-state index >= 15 is 0 Å². The van der Waals surface area contributed by atoms with Crippen molar-refractivity contribution < 1.29 is 31.9 Å². The van der Waals surface area contributed by atoms with Gasteiger partial charge < -0.3 is 10.2 Å². The number of hydrogen-bond donors (Lipinski definition) is 2. The zero-order chi connectivity index (χ0) is 6.41. The van der Waals surface area contributed by atoms with Gasteiger partial charge in [-0.1, -0.05) is 13.0 Å². The summed E-state index contributed by atoms with van der Waals surface area (Å²) in [4.78, 5) is 0. The molecule has 0 radical (unpaired) electrons. The molecule has 9 heavy (non-hydrogen) atoms. The second kappa shape index (κ2) is 8.63. The van der Waals surface area contributed by atoms with Crippen LogP contribution in [0.2, 0.25) is 0 Å². The molecule has 0 saturated carbocycles. The summed E-state index contributed by atoms with van der Waals surface area (Å²) in [5, 5.41) is 16.8. The van der Waals surface area contributed by atoms with Crippen molar-refractivity contribution in [2.45, 2.75) is 19.8 Å². The van der Waals surface area contributed by atoms with Gasteiger partial charge in [-0.15, -0.1) is 0 Å². The van der Waals surface area contributed by atoms with E-state index in [2.05, 4.69) is 0 Å². The Hall–Kier alpha value is 0.634. The molecule has 2 nitrogen and oxygen atoms in total. The molecule has 0 rings (SSSR count). The third-order valence-corrected chi connectivity index (χ3v) is 1.03. The molecule has 0 aromatic carbocycles. The van der Waals surface area contributed by atoms with Crippen LogP contribution >= 0.6 is 0 Å². The summed E-state index contributed by atoms with van der Waals surface area (Å²) in [6.07, 6.45) is 1.61. The van der Waals surface area contributed by atoms with Crippen molar-refractivity contribution in [1.82, 2.24) is 0 Å². The molecular weight excluding hydrogens is 152 g/mol. The zero-order valence-electron chi connectivity index (χ0n) is 5.72. The second-order valence-electron chi connectivity index (χ2n) is 1.94. The van der Waals surface area contributed by atoms with Crippen LogP contribution < -0.4 is 0 Å². The molecule has 0 aliphatic rings. The van der Waals surface area contributed by atoms with Gasteiger partial charge in [-0.05, 0) is 0 Å². The van der Waals surface area contributed by atoms with Crippen LogP contribution in [0, 0.1) is 5.92 Å². The minimum atomic E-state index is 0. The summed E-state index contributed by atoms with van der Waals surface area (Å²) in [7, 11) is 0. The number of hydrogen-bond acceptors (Lipinski definition) is 2. The van der Waals surface area contributed by atoms with Crippen molar-refractivity contribution in [1.29, 1.82) is 0 Å². The molecular formula is C6H13O2Ti-. The third kappa shape index (κ3) is 8.63. The number of aliphatic hydroxyl groups is 2. The van der Waals surface area contributed by atoms with Crippen molar-refractivity contribution in [2.24, 2.45) is 0 Å². The van der Waals surface area contributed by atoms with Crippen molar-refractivity contribution >= 4 is 0 Å². The molecule has 0 aromatic rings. The molecule has 0 amide bonds. The fourth-order valence-corrected chi connectivity index (χ4v) is 0.460. The number of rotatable bonds is 4. The van der Waals surface area contributed by atoms with E-state index in [1.165, 1.54) is 0 Å². The maximum Gasteiger partial charge on any atom is 0.0406 e. The first-order valence-electron chi connectivity index (χ1n) is 2.84. The Balaban J connectivity index is 0. The van der Waals surface area contributed by atoms with Crippen LogP contribution in [-0.4, -0.2) is 23.4 Å². The maximum atomic E-state index is 8.44. The fraction of sp³-hybridized carbons (Fsp3) is 0.833. The SMILES string of the molecule is C[C-](CO)CCCO.[Ti]. The molecule has 0 bridgehead atoms. The van der Waals surface area contributed by atoms with Gasteiger partial charge in [0.15, 0.2) is 0 Å². The molecule has 0 spiro atoms. The minimum Gasteiger partial charge on any atom is -0.428 e. The van der Waals surface area contributed by atoms with Gasteiger partial charge in [0.05, 0.1) is 0 Å². The standard InChI is InChI=1S/C6H13O2.Ti/c1-6(5-8)3-2-4-7;/h7-8H,2-5H2,1H3;/q-1;. The Bertz CT molecular complexity index is 50.3. The monoisotopic (exact) mass is 165 g/mol. The summed E-state index contributed by atoms with van der Waals surface area (Å²) in [5.41, 5.74) is 0. The average Bonchev–Trinajstić information content (AvgIpc) is 1.83. The summed E-state index contributed by atoms with van der Waals surface area (Å²) in [6, 6.07) is 0. The van der Waals surface area contributed by atoms with Crippen LogP contribution in [0.15, 0.2) is 0 Å². The quantitative estimate of drug-likeness (QED) is 0.465. The van der Waals surface area contributed by atoms with Gasteiger partial charge in [0.1, 0.15) is 0 Å². The van der Waals surface area contributed by atoms with E-state index in [0.29, 0.717) is 0 Å². The van der Waals surface area contributed by atoms with Crippen LogP contribution in [-0.2, 0) is 21.7 Å². The van der Waals surface area contributed by atoms with Crippen LogP contribution in [0.1, 0.15) is 19.8 Å². The molecule has 0 atom stereocenters. The predicted molar refractivity (Wildman–Crippen MR) is 32.3 cm³/mol. The molecule has 3 heteroatoms. The summed E-state index contributed by atoms with van der Waals surface area (Å²) in [6.45, 7) is 2.26. The largest absolute Gasteiger partial charge is 0.428 e. The van der Waals surface area contributed by atoms with Gasteiger partial charge in [-0.2, -0.15) is 13.3 Å². The van der Waals surface area contributed by atoms with Gasteiger partial charge in [-0.3, -0.25) is 5.92 Å². The first kappa shape index (κ1) is 12.3. The van der Waals surface area contributed by atoms with Crippen molar-refractivity contribution in [3.63, 3.8) is 0 Å². The van der Waals surface area contributed by atoms with E-state index in [1.807, 2.05) is 6.92 Å². The zero-order valence-corrected chi connectivity index (χ0v) is 7.28. The second-order valence-corrected chi connectivity index (χ2v) is 1.94. The third-order valence-electron chi connectivity index (χ3n) is 1.03. The Morgan fingerprint density at radius 2 is 1.89 bits per heavy atom. The molecule has 0 saturated heterocycles. The van der Waals surface area contributed by atoms with Crippen molar-refractivity contribution in [3.05, 3.63) is 5.92 Å². The summed E-state index contributed by atoms with van der Waals surface area (Å²) >= 11 is 0. The molecule has 0 fully saturated rings. The topological polar surface area (TPSA) is 40.5 Å². The van der Waals surface area contributed by atoms with E-state index < -0.39 is 0 Å². The van der Waals surface area contributed by atoms with Crippen molar-refractivity contribution in [2.75, 3.05) is 13.2 Å². The van der Waals surface area contributed by atoms with Gasteiger partial charge in [-0.25, -0.2) is 0 Å². The Morgan fingerprint density at radius 3 is 2.22 bits per heavy atom. The first-order chi connectivity index (χ1) is 3.81. The first-order valence-corrected chi connectivity index (χ1v) is 2.84. The predicted octanol–water partition coefficient (Wildman–Crippen LogP) is 0.343.